The van der Waals surface area contributed by atoms with Crippen molar-refractivity contribution < 1.29 is 8.78 Å². The van der Waals surface area contributed by atoms with Gasteiger partial charge in [-0.15, -0.1) is 0 Å². The van der Waals surface area contributed by atoms with Crippen LogP contribution in [0.15, 0.2) is 28.7 Å². The van der Waals surface area contributed by atoms with Crippen LogP contribution in [0.3, 0.4) is 0 Å². The lowest BCUT2D eigenvalue weighted by molar-refractivity contribution is -0.0559. The van der Waals surface area contributed by atoms with E-state index < -0.39 is 11.5 Å². The van der Waals surface area contributed by atoms with Crippen LogP contribution in [0.25, 0.3) is 0 Å². The quantitative estimate of drug-likeness (QED) is 0.830. The zero-order valence-corrected chi connectivity index (χ0v) is 9.94. The van der Waals surface area contributed by atoms with Gasteiger partial charge >= 0.3 is 0 Å². The maximum atomic E-state index is 13.7. The van der Waals surface area contributed by atoms with E-state index in [1.807, 2.05) is 6.07 Å². The Hall–Kier alpha value is -0.480. The molecule has 1 aromatic carbocycles. The Bertz CT molecular complexity index is 381. The molecule has 15 heavy (non-hydrogen) atoms. The number of halogens is 3. The van der Waals surface area contributed by atoms with E-state index in [-0.39, 0.29) is 6.42 Å². The smallest absolute Gasteiger partial charge is 0.270 e. The maximum absolute atomic E-state index is 13.7. The van der Waals surface area contributed by atoms with Crippen LogP contribution in [0.1, 0.15) is 18.9 Å². The third-order valence-electron chi connectivity index (χ3n) is 3.05. The van der Waals surface area contributed by atoms with E-state index in [0.717, 1.165) is 4.47 Å². The van der Waals surface area contributed by atoms with E-state index in [2.05, 4.69) is 21.2 Å². The molecule has 1 N–H and O–H groups in total. The highest BCUT2D eigenvalue weighted by Crippen LogP contribution is 2.43. The minimum atomic E-state index is -2.69. The molecule has 1 saturated heterocycles. The van der Waals surface area contributed by atoms with Crippen LogP contribution in [0.4, 0.5) is 8.78 Å². The zero-order chi connectivity index (χ0) is 11.1. The molecule has 0 aliphatic carbocycles. The van der Waals surface area contributed by atoms with E-state index >= 15 is 0 Å². The molecule has 0 bridgehead atoms. The molecule has 82 valence electrons. The lowest BCUT2D eigenvalue weighted by Gasteiger charge is -2.31. The van der Waals surface area contributed by atoms with E-state index in [9.17, 15) is 8.78 Å². The van der Waals surface area contributed by atoms with Crippen molar-refractivity contribution in [3.05, 3.63) is 34.3 Å². The first-order chi connectivity index (χ1) is 6.96. The number of benzene rings is 1. The Morgan fingerprint density at radius 3 is 2.67 bits per heavy atom. The van der Waals surface area contributed by atoms with Crippen molar-refractivity contribution in [1.29, 1.82) is 0 Å². The molecule has 1 heterocycles. The normalized spacial score (nSPS) is 29.3. The summed E-state index contributed by atoms with van der Waals surface area (Å²) >= 11 is 3.30. The molecule has 0 saturated carbocycles. The second kappa shape index (κ2) is 3.52. The highest BCUT2D eigenvalue weighted by Gasteiger charge is 2.54. The van der Waals surface area contributed by atoms with E-state index in [1.54, 1.807) is 25.1 Å². The van der Waals surface area contributed by atoms with Crippen LogP contribution < -0.4 is 5.32 Å². The fraction of sp³-hybridized carbons (Fsp3) is 0.455. The average molecular weight is 276 g/mol. The molecule has 1 nitrogen and oxygen atoms in total. The number of alkyl halides is 2. The van der Waals surface area contributed by atoms with Gasteiger partial charge < -0.3 is 5.32 Å². The van der Waals surface area contributed by atoms with Crippen LogP contribution in [0, 0.1) is 0 Å². The highest BCUT2D eigenvalue weighted by molar-refractivity contribution is 9.10. The fourth-order valence-electron chi connectivity index (χ4n) is 1.96. The predicted molar refractivity (Wildman–Crippen MR) is 59.1 cm³/mol. The number of hydrogen-bond acceptors (Lipinski definition) is 1. The Labute approximate surface area is 96.0 Å². The molecule has 1 unspecified atom stereocenters. The van der Waals surface area contributed by atoms with Gasteiger partial charge in [0.2, 0.25) is 0 Å². The summed E-state index contributed by atoms with van der Waals surface area (Å²) in [6.45, 7) is 1.91. The van der Waals surface area contributed by atoms with Crippen molar-refractivity contribution >= 4 is 15.9 Å². The van der Waals surface area contributed by atoms with Gasteiger partial charge in [0.15, 0.2) is 0 Å². The van der Waals surface area contributed by atoms with E-state index in [0.29, 0.717) is 12.1 Å². The average Bonchev–Trinajstić information content (AvgIpc) is 2.43. The molecule has 0 spiro atoms. The number of rotatable bonds is 1. The molecule has 4 heteroatoms. The molecule has 2 rings (SSSR count). The van der Waals surface area contributed by atoms with Crippen LogP contribution in [0.5, 0.6) is 0 Å². The summed E-state index contributed by atoms with van der Waals surface area (Å²) in [5.41, 5.74) is -0.615. The minimum Gasteiger partial charge on any atom is -0.302 e. The zero-order valence-electron chi connectivity index (χ0n) is 8.36. The molecular weight excluding hydrogens is 264 g/mol. The number of nitrogens with one attached hydrogen (secondary N) is 1. The SMILES string of the molecule is CC1(c2cccc(Br)c2)NCCC1(F)F. The lowest BCUT2D eigenvalue weighted by atomic mass is 9.87. The summed E-state index contributed by atoms with van der Waals surface area (Å²) in [4.78, 5) is 0. The van der Waals surface area contributed by atoms with Crippen LogP contribution >= 0.6 is 15.9 Å². The third kappa shape index (κ3) is 1.70. The third-order valence-corrected chi connectivity index (χ3v) is 3.54. The standard InChI is InChI=1S/C11H12BrF2N/c1-10(11(13,14)5-6-15-10)8-3-2-4-9(12)7-8/h2-4,7,15H,5-6H2,1H3. The van der Waals surface area contributed by atoms with Crippen molar-refractivity contribution in [1.82, 2.24) is 5.32 Å². The first-order valence-electron chi connectivity index (χ1n) is 4.85. The Kier molecular flexibility index (Phi) is 2.59. The first kappa shape index (κ1) is 11.0. The monoisotopic (exact) mass is 275 g/mol. The highest BCUT2D eigenvalue weighted by atomic mass is 79.9. The Balaban J connectivity index is 2.45. The van der Waals surface area contributed by atoms with E-state index in [4.69, 9.17) is 0 Å². The second-order valence-electron chi connectivity index (χ2n) is 4.02. The summed E-state index contributed by atoms with van der Waals surface area (Å²) in [6, 6.07) is 7.09. The van der Waals surface area contributed by atoms with Gasteiger partial charge in [-0.05, 0) is 24.6 Å². The van der Waals surface area contributed by atoms with Gasteiger partial charge in [-0.1, -0.05) is 28.1 Å². The number of hydrogen-bond donors (Lipinski definition) is 1. The first-order valence-corrected chi connectivity index (χ1v) is 5.64. The van der Waals surface area contributed by atoms with Crippen LogP contribution in [0.2, 0.25) is 0 Å². The van der Waals surface area contributed by atoms with Crippen molar-refractivity contribution in [3.63, 3.8) is 0 Å². The summed E-state index contributed by atoms with van der Waals surface area (Å²) in [6.07, 6.45) is -0.101. The molecule has 1 aromatic rings. The molecule has 0 radical (unpaired) electrons. The summed E-state index contributed by atoms with van der Waals surface area (Å²) in [5, 5.41) is 2.90. The summed E-state index contributed by atoms with van der Waals surface area (Å²) in [5.74, 6) is -2.69. The maximum Gasteiger partial charge on any atom is 0.270 e. The lowest BCUT2D eigenvalue weighted by Crippen LogP contribution is -2.46. The largest absolute Gasteiger partial charge is 0.302 e. The Morgan fingerprint density at radius 1 is 1.40 bits per heavy atom. The van der Waals surface area contributed by atoms with E-state index in [1.165, 1.54) is 0 Å². The van der Waals surface area contributed by atoms with Crippen molar-refractivity contribution in [2.45, 2.75) is 24.8 Å². The molecular formula is C11H12BrF2N. The Morgan fingerprint density at radius 2 is 2.13 bits per heavy atom. The van der Waals surface area contributed by atoms with Gasteiger partial charge in [0, 0.05) is 17.4 Å². The van der Waals surface area contributed by atoms with Gasteiger partial charge in [0.1, 0.15) is 5.54 Å². The molecule has 1 aliphatic heterocycles. The minimum absolute atomic E-state index is 0.101. The van der Waals surface area contributed by atoms with Crippen molar-refractivity contribution in [2.75, 3.05) is 6.54 Å². The molecule has 0 aromatic heterocycles. The van der Waals surface area contributed by atoms with Gasteiger partial charge in [-0.3, -0.25) is 0 Å². The van der Waals surface area contributed by atoms with Crippen LogP contribution in [-0.2, 0) is 5.54 Å². The molecule has 1 aliphatic rings. The van der Waals surface area contributed by atoms with Gasteiger partial charge in [-0.2, -0.15) is 0 Å². The van der Waals surface area contributed by atoms with Gasteiger partial charge in [0.05, 0.1) is 0 Å². The van der Waals surface area contributed by atoms with Gasteiger partial charge in [0.25, 0.3) is 5.92 Å². The topological polar surface area (TPSA) is 12.0 Å². The molecule has 0 amide bonds. The summed E-state index contributed by atoms with van der Waals surface area (Å²) < 4.78 is 28.3. The predicted octanol–water partition coefficient (Wildman–Crippen LogP) is 3.29. The fourth-order valence-corrected chi connectivity index (χ4v) is 2.36. The van der Waals surface area contributed by atoms with Crippen LogP contribution in [-0.4, -0.2) is 12.5 Å². The molecule has 1 atom stereocenters. The molecule has 1 fully saturated rings. The van der Waals surface area contributed by atoms with Gasteiger partial charge in [-0.25, -0.2) is 8.78 Å². The second-order valence-corrected chi connectivity index (χ2v) is 4.93. The van der Waals surface area contributed by atoms with Crippen molar-refractivity contribution in [3.8, 4) is 0 Å². The summed E-state index contributed by atoms with van der Waals surface area (Å²) in [7, 11) is 0. The van der Waals surface area contributed by atoms with Crippen molar-refractivity contribution in [2.24, 2.45) is 0 Å².